The van der Waals surface area contributed by atoms with Gasteiger partial charge in [0.05, 0.1) is 0 Å². The Morgan fingerprint density at radius 3 is 2.67 bits per heavy atom. The normalized spacial score (nSPS) is 11.3. The van der Waals surface area contributed by atoms with Gasteiger partial charge in [0, 0.05) is 24.1 Å². The molecule has 4 heteroatoms. The molecule has 1 aromatic carbocycles. The van der Waals surface area contributed by atoms with Crippen LogP contribution in [-0.4, -0.2) is 18.1 Å². The second-order valence-electron chi connectivity index (χ2n) is 4.84. The lowest BCUT2D eigenvalue weighted by Gasteiger charge is -2.26. The van der Waals surface area contributed by atoms with Crippen molar-refractivity contribution in [3.8, 4) is 0 Å². The molecule has 1 rings (SSSR count). The van der Waals surface area contributed by atoms with E-state index < -0.39 is 0 Å². The first-order valence-corrected chi connectivity index (χ1v) is 6.08. The van der Waals surface area contributed by atoms with Crippen molar-refractivity contribution >= 4 is 5.97 Å². The highest BCUT2D eigenvalue weighted by atomic mass is 19.1. The number of benzene rings is 1. The van der Waals surface area contributed by atoms with Gasteiger partial charge in [-0.3, -0.25) is 4.79 Å². The Morgan fingerprint density at radius 1 is 1.39 bits per heavy atom. The summed E-state index contributed by atoms with van der Waals surface area (Å²) in [6.45, 7) is 6.26. The maximum Gasteiger partial charge on any atom is 0.305 e. The summed E-state index contributed by atoms with van der Waals surface area (Å²) < 4.78 is 18.5. The quantitative estimate of drug-likeness (QED) is 0.792. The molecule has 1 aromatic rings. The zero-order valence-corrected chi connectivity index (χ0v) is 11.1. The fourth-order valence-corrected chi connectivity index (χ4v) is 1.39. The van der Waals surface area contributed by atoms with Gasteiger partial charge < -0.3 is 10.1 Å². The summed E-state index contributed by atoms with van der Waals surface area (Å²) in [6.07, 6.45) is 0.364. The summed E-state index contributed by atoms with van der Waals surface area (Å²) in [5.74, 6) is -0.456. The lowest BCUT2D eigenvalue weighted by molar-refractivity contribution is -0.145. The molecule has 0 amide bonds. The van der Waals surface area contributed by atoms with Gasteiger partial charge in [-0.05, 0) is 19.9 Å². The highest BCUT2D eigenvalue weighted by molar-refractivity contribution is 5.68. The van der Waals surface area contributed by atoms with Gasteiger partial charge in [-0.2, -0.15) is 0 Å². The third kappa shape index (κ3) is 4.84. The Kier molecular flexibility index (Phi) is 5.28. The average Bonchev–Trinajstić information content (AvgIpc) is 2.35. The summed E-state index contributed by atoms with van der Waals surface area (Å²) in [4.78, 5) is 11.1. The number of hydrogen-bond donors (Lipinski definition) is 1. The van der Waals surface area contributed by atoms with Crippen molar-refractivity contribution < 1.29 is 13.9 Å². The van der Waals surface area contributed by atoms with E-state index in [9.17, 15) is 9.18 Å². The second-order valence-corrected chi connectivity index (χ2v) is 4.84. The maximum absolute atomic E-state index is 13.4. The van der Waals surface area contributed by atoms with Gasteiger partial charge >= 0.3 is 5.97 Å². The number of carbonyl (C=O) groups excluding carboxylic acids is 1. The molecule has 0 saturated carbocycles. The fraction of sp³-hybridized carbons (Fsp3) is 0.500. The molecule has 0 heterocycles. The van der Waals surface area contributed by atoms with Crippen LogP contribution in [0.15, 0.2) is 24.3 Å². The van der Waals surface area contributed by atoms with Crippen molar-refractivity contribution in [3.63, 3.8) is 0 Å². The van der Waals surface area contributed by atoms with Crippen molar-refractivity contribution in [2.75, 3.05) is 6.61 Å². The van der Waals surface area contributed by atoms with Gasteiger partial charge in [0.25, 0.3) is 0 Å². The van der Waals surface area contributed by atoms with E-state index in [1.807, 2.05) is 13.8 Å². The highest BCUT2D eigenvalue weighted by Crippen LogP contribution is 2.09. The second kappa shape index (κ2) is 6.50. The Hall–Kier alpha value is -1.42. The van der Waals surface area contributed by atoms with E-state index in [0.29, 0.717) is 18.5 Å². The molecule has 0 aliphatic carbocycles. The van der Waals surface area contributed by atoms with Gasteiger partial charge in [0.2, 0.25) is 0 Å². The largest absolute Gasteiger partial charge is 0.464 e. The predicted molar refractivity (Wildman–Crippen MR) is 68.6 cm³/mol. The average molecular weight is 253 g/mol. The zero-order chi connectivity index (χ0) is 13.6. The van der Waals surface area contributed by atoms with Crippen LogP contribution in [-0.2, 0) is 16.1 Å². The summed E-state index contributed by atoms with van der Waals surface area (Å²) in [5, 5.41) is 3.18. The Morgan fingerprint density at radius 2 is 2.06 bits per heavy atom. The van der Waals surface area contributed by atoms with E-state index in [1.165, 1.54) is 6.07 Å². The summed E-state index contributed by atoms with van der Waals surface area (Å²) in [7, 11) is 0. The molecule has 1 N–H and O–H groups in total. The van der Waals surface area contributed by atoms with E-state index >= 15 is 0 Å². The minimum absolute atomic E-state index is 0.226. The van der Waals surface area contributed by atoms with Crippen molar-refractivity contribution in [2.24, 2.45) is 0 Å². The molecule has 18 heavy (non-hydrogen) atoms. The molecule has 0 atom stereocenters. The molecule has 100 valence electrons. The van der Waals surface area contributed by atoms with E-state index in [1.54, 1.807) is 25.1 Å². The van der Waals surface area contributed by atoms with Crippen molar-refractivity contribution in [1.82, 2.24) is 5.32 Å². The summed E-state index contributed by atoms with van der Waals surface area (Å²) in [6, 6.07) is 6.62. The van der Waals surface area contributed by atoms with Gasteiger partial charge in [-0.1, -0.05) is 25.1 Å². The standard InChI is InChI=1S/C14H20FNO2/c1-4-13(17)18-10-14(2,3)16-9-11-7-5-6-8-12(11)15/h5-8,16H,4,9-10H2,1-3H3. The number of ether oxygens (including phenoxy) is 1. The van der Waals surface area contributed by atoms with Crippen molar-refractivity contribution in [2.45, 2.75) is 39.3 Å². The molecule has 0 aromatic heterocycles. The minimum atomic E-state index is -0.382. The zero-order valence-electron chi connectivity index (χ0n) is 11.1. The van der Waals surface area contributed by atoms with Crippen LogP contribution in [0.2, 0.25) is 0 Å². The fourth-order valence-electron chi connectivity index (χ4n) is 1.39. The predicted octanol–water partition coefficient (Wildman–Crippen LogP) is 2.65. The molecular weight excluding hydrogens is 233 g/mol. The number of nitrogens with one attached hydrogen (secondary N) is 1. The lowest BCUT2D eigenvalue weighted by atomic mass is 10.1. The first kappa shape index (κ1) is 14.6. The van der Waals surface area contributed by atoms with Crippen LogP contribution < -0.4 is 5.32 Å². The molecule has 0 spiro atoms. The third-order valence-electron chi connectivity index (χ3n) is 2.60. The van der Waals surface area contributed by atoms with E-state index in [-0.39, 0.29) is 23.9 Å². The molecule has 0 unspecified atom stereocenters. The van der Waals surface area contributed by atoms with E-state index in [2.05, 4.69) is 5.32 Å². The van der Waals surface area contributed by atoms with Gasteiger partial charge in [-0.15, -0.1) is 0 Å². The first-order valence-electron chi connectivity index (χ1n) is 6.08. The highest BCUT2D eigenvalue weighted by Gasteiger charge is 2.19. The molecule has 3 nitrogen and oxygen atoms in total. The number of rotatable bonds is 6. The molecule has 0 bridgehead atoms. The SMILES string of the molecule is CCC(=O)OCC(C)(C)NCc1ccccc1F. The van der Waals surface area contributed by atoms with Gasteiger partial charge in [0.1, 0.15) is 12.4 Å². The Balaban J connectivity index is 2.46. The number of halogens is 1. The molecule has 0 aliphatic rings. The van der Waals surface area contributed by atoms with Crippen LogP contribution in [0.25, 0.3) is 0 Å². The third-order valence-corrected chi connectivity index (χ3v) is 2.60. The van der Waals surface area contributed by atoms with Crippen LogP contribution in [0.5, 0.6) is 0 Å². The van der Waals surface area contributed by atoms with E-state index in [4.69, 9.17) is 4.74 Å². The Labute approximate surface area is 107 Å². The number of carbonyl (C=O) groups is 1. The topological polar surface area (TPSA) is 38.3 Å². The van der Waals surface area contributed by atoms with Gasteiger partial charge in [-0.25, -0.2) is 4.39 Å². The molecule has 0 fully saturated rings. The minimum Gasteiger partial charge on any atom is -0.464 e. The number of hydrogen-bond acceptors (Lipinski definition) is 3. The van der Waals surface area contributed by atoms with Crippen LogP contribution in [0.3, 0.4) is 0 Å². The smallest absolute Gasteiger partial charge is 0.305 e. The van der Waals surface area contributed by atoms with Gasteiger partial charge in [0.15, 0.2) is 0 Å². The summed E-state index contributed by atoms with van der Waals surface area (Å²) >= 11 is 0. The monoisotopic (exact) mass is 253 g/mol. The molecule has 0 aliphatic heterocycles. The van der Waals surface area contributed by atoms with Crippen molar-refractivity contribution in [1.29, 1.82) is 0 Å². The molecule has 0 radical (unpaired) electrons. The summed E-state index contributed by atoms with van der Waals surface area (Å²) in [5.41, 5.74) is 0.222. The van der Waals surface area contributed by atoms with Crippen molar-refractivity contribution in [3.05, 3.63) is 35.6 Å². The van der Waals surface area contributed by atoms with Crippen LogP contribution in [0.4, 0.5) is 4.39 Å². The van der Waals surface area contributed by atoms with Crippen LogP contribution >= 0.6 is 0 Å². The van der Waals surface area contributed by atoms with E-state index in [0.717, 1.165) is 0 Å². The molecular formula is C14H20FNO2. The Bertz CT molecular complexity index is 405. The first-order chi connectivity index (χ1) is 8.44. The number of esters is 1. The van der Waals surface area contributed by atoms with Crippen LogP contribution in [0, 0.1) is 5.82 Å². The maximum atomic E-state index is 13.4. The van der Waals surface area contributed by atoms with Crippen LogP contribution in [0.1, 0.15) is 32.8 Å². The molecule has 0 saturated heterocycles. The lowest BCUT2D eigenvalue weighted by Crippen LogP contribution is -2.43.